The van der Waals surface area contributed by atoms with Crippen molar-refractivity contribution in [3.63, 3.8) is 0 Å². The second-order valence-corrected chi connectivity index (χ2v) is 10.7. The number of nitrogens with zero attached hydrogens (tertiary/aromatic N) is 2. The summed E-state index contributed by atoms with van der Waals surface area (Å²) in [6.45, 7) is 4.51. The molecule has 0 fully saturated rings. The highest BCUT2D eigenvalue weighted by Crippen LogP contribution is 2.42. The molecule has 0 radical (unpaired) electrons. The van der Waals surface area contributed by atoms with Gasteiger partial charge >= 0.3 is 6.36 Å². The van der Waals surface area contributed by atoms with Crippen molar-refractivity contribution in [3.8, 4) is 22.6 Å². The van der Waals surface area contributed by atoms with Crippen molar-refractivity contribution in [2.45, 2.75) is 51.0 Å². The third-order valence-corrected chi connectivity index (χ3v) is 8.42. The normalized spacial score (nSPS) is 16.1. The molecular formula is C31H28F6N2O4S. The molecule has 0 amide bonds. The molecule has 0 bridgehead atoms. The molecule has 1 aromatic heterocycles. The summed E-state index contributed by atoms with van der Waals surface area (Å²) in [5, 5.41) is 13.8. The minimum Gasteiger partial charge on any atom is -0.494 e. The number of oxime groups is 1. The lowest BCUT2D eigenvalue weighted by Crippen LogP contribution is -2.32. The van der Waals surface area contributed by atoms with Gasteiger partial charge in [-0.05, 0) is 61.7 Å². The topological polar surface area (TPSA) is 73.1 Å². The second-order valence-electron chi connectivity index (χ2n) is 9.72. The third-order valence-electron chi connectivity index (χ3n) is 7.22. The van der Waals surface area contributed by atoms with E-state index in [4.69, 9.17) is 4.74 Å². The van der Waals surface area contributed by atoms with Gasteiger partial charge in [-0.25, -0.2) is 13.2 Å². The van der Waals surface area contributed by atoms with E-state index in [1.165, 1.54) is 67.6 Å². The molecule has 0 saturated carbocycles. The third kappa shape index (κ3) is 6.37. The molecule has 4 rings (SSSR count). The van der Waals surface area contributed by atoms with Gasteiger partial charge in [0.1, 0.15) is 23.1 Å². The van der Waals surface area contributed by atoms with Crippen LogP contribution in [0, 0.1) is 12.7 Å². The molecule has 0 spiro atoms. The highest BCUT2D eigenvalue weighted by atomic mass is 32.2. The number of alkyl halides is 3. The van der Waals surface area contributed by atoms with E-state index in [0.29, 0.717) is 16.2 Å². The van der Waals surface area contributed by atoms with Gasteiger partial charge in [0.05, 0.1) is 23.7 Å². The minimum atomic E-state index is -4.92. The molecule has 1 atom stereocenters. The predicted molar refractivity (Wildman–Crippen MR) is 156 cm³/mol. The fourth-order valence-corrected chi connectivity index (χ4v) is 6.48. The minimum absolute atomic E-state index is 0.0704. The van der Waals surface area contributed by atoms with Gasteiger partial charge in [0, 0.05) is 28.9 Å². The van der Waals surface area contributed by atoms with Crippen LogP contribution < -0.4 is 15.0 Å². The molecule has 1 unspecified atom stereocenters. The summed E-state index contributed by atoms with van der Waals surface area (Å²) >= 11 is 1.17. The Morgan fingerprint density at radius 2 is 1.86 bits per heavy atom. The first-order chi connectivity index (χ1) is 20.9. The first-order valence-corrected chi connectivity index (χ1v) is 14.4. The summed E-state index contributed by atoms with van der Waals surface area (Å²) in [6, 6.07) is 7.80. The van der Waals surface area contributed by atoms with E-state index in [0.717, 1.165) is 18.2 Å². The van der Waals surface area contributed by atoms with Crippen molar-refractivity contribution in [3.05, 3.63) is 98.6 Å². The monoisotopic (exact) mass is 638 g/mol. The van der Waals surface area contributed by atoms with E-state index in [1.54, 1.807) is 6.92 Å². The summed E-state index contributed by atoms with van der Waals surface area (Å²) < 4.78 is 93.9. The van der Waals surface area contributed by atoms with Gasteiger partial charge in [-0.1, -0.05) is 30.3 Å². The molecule has 44 heavy (non-hydrogen) atoms. The van der Waals surface area contributed by atoms with Gasteiger partial charge in [0.2, 0.25) is 0 Å². The molecule has 2 heterocycles. The Morgan fingerprint density at radius 3 is 2.43 bits per heavy atom. The van der Waals surface area contributed by atoms with E-state index in [-0.39, 0.29) is 52.3 Å². The highest BCUT2D eigenvalue weighted by molar-refractivity contribution is 7.99. The maximum absolute atomic E-state index is 15.6. The van der Waals surface area contributed by atoms with Crippen LogP contribution in [0.1, 0.15) is 43.0 Å². The molecule has 6 nitrogen and oxygen atoms in total. The van der Waals surface area contributed by atoms with Crippen LogP contribution in [0.3, 0.4) is 0 Å². The Labute approximate surface area is 253 Å². The van der Waals surface area contributed by atoms with E-state index >= 15 is 4.39 Å². The lowest BCUT2D eigenvalue weighted by atomic mass is 9.92. The number of fused-ring (bicyclic) bond motifs is 1. The number of benzene rings is 2. The molecule has 1 aliphatic heterocycles. The van der Waals surface area contributed by atoms with Crippen molar-refractivity contribution in [1.82, 2.24) is 4.57 Å². The molecule has 3 aromatic rings. The van der Waals surface area contributed by atoms with Crippen LogP contribution in [0.2, 0.25) is 0 Å². The average Bonchev–Trinajstić information content (AvgIpc) is 3.42. The number of aromatic nitrogens is 1. The zero-order valence-corrected chi connectivity index (χ0v) is 24.9. The zero-order valence-electron chi connectivity index (χ0n) is 24.1. The summed E-state index contributed by atoms with van der Waals surface area (Å²) in [6.07, 6.45) is -4.16. The molecular weight excluding hydrogens is 610 g/mol. The van der Waals surface area contributed by atoms with Crippen molar-refractivity contribution < 1.29 is 41.0 Å². The maximum Gasteiger partial charge on any atom is 0.573 e. The standard InChI is InChI=1S/C31H28F6N2O4S/c1-5-22(32)21(23(33)6-2)14-20-16(3)26(19-8-7-9-25(42-4)27(19)34)29(40)39-24(15-44-30(20)39)28(38-41)17-10-12-18(13-11-17)43-31(35,36)37/h5,7-13,24,41H,6,14-15H2,1-4H3/b22-5+,23-21+,38-28+. The molecule has 234 valence electrons. The van der Waals surface area contributed by atoms with E-state index < -0.39 is 41.2 Å². The lowest BCUT2D eigenvalue weighted by molar-refractivity contribution is -0.274. The summed E-state index contributed by atoms with van der Waals surface area (Å²) in [5.74, 6) is -2.83. The number of ether oxygens (including phenoxy) is 2. The fraction of sp³-hybridized carbons (Fsp3) is 0.290. The van der Waals surface area contributed by atoms with E-state index in [1.807, 2.05) is 0 Å². The Bertz CT molecular complexity index is 1710. The van der Waals surface area contributed by atoms with Gasteiger partial charge in [-0.15, -0.1) is 24.9 Å². The van der Waals surface area contributed by atoms with Crippen LogP contribution in [0.25, 0.3) is 11.1 Å². The van der Waals surface area contributed by atoms with Gasteiger partial charge in [0.25, 0.3) is 5.56 Å². The van der Waals surface area contributed by atoms with Gasteiger partial charge in [-0.2, -0.15) is 0 Å². The molecule has 0 saturated heterocycles. The van der Waals surface area contributed by atoms with Crippen molar-refractivity contribution in [2.75, 3.05) is 12.9 Å². The molecule has 2 aromatic carbocycles. The summed E-state index contributed by atoms with van der Waals surface area (Å²) in [4.78, 5) is 14.2. The SMILES string of the molecule is C/C=C(F)\C(Cc1c(C)c(-c2cccc(OC)c2F)c(=O)n2c1SCC2/C(=N/O)c1ccc(OC(F)(F)F)cc1)=C(\F)CC. The van der Waals surface area contributed by atoms with E-state index in [2.05, 4.69) is 9.89 Å². The Balaban J connectivity index is 1.97. The van der Waals surface area contributed by atoms with Crippen molar-refractivity contribution >= 4 is 17.5 Å². The van der Waals surface area contributed by atoms with Gasteiger partial charge in [0.15, 0.2) is 11.6 Å². The fourth-order valence-electron chi connectivity index (χ4n) is 5.11. The summed E-state index contributed by atoms with van der Waals surface area (Å²) in [5.41, 5.74) is -0.329. The Morgan fingerprint density at radius 1 is 1.18 bits per heavy atom. The highest BCUT2D eigenvalue weighted by Gasteiger charge is 2.36. The predicted octanol–water partition coefficient (Wildman–Crippen LogP) is 8.44. The smallest absolute Gasteiger partial charge is 0.494 e. The number of hydrogen-bond donors (Lipinski definition) is 1. The number of rotatable bonds is 9. The lowest BCUT2D eigenvalue weighted by Gasteiger charge is -2.22. The largest absolute Gasteiger partial charge is 0.573 e. The Hall–Kier alpha value is -4.13. The van der Waals surface area contributed by atoms with E-state index in [9.17, 15) is 32.0 Å². The number of hydrogen-bond acceptors (Lipinski definition) is 6. The number of thioether (sulfide) groups is 1. The van der Waals surface area contributed by atoms with Crippen LogP contribution in [0.15, 0.2) is 80.7 Å². The number of allylic oxidation sites excluding steroid dienone is 4. The number of methoxy groups -OCH3 is 1. The van der Waals surface area contributed by atoms with Crippen LogP contribution in [0.5, 0.6) is 11.5 Å². The second kappa shape index (κ2) is 13.2. The van der Waals surface area contributed by atoms with Crippen molar-refractivity contribution in [1.29, 1.82) is 0 Å². The first kappa shape index (κ1) is 32.8. The van der Waals surface area contributed by atoms with Crippen LogP contribution in [-0.2, 0) is 6.42 Å². The quantitative estimate of drug-likeness (QED) is 0.0838. The Kier molecular flexibility index (Phi) is 9.87. The first-order valence-electron chi connectivity index (χ1n) is 13.4. The maximum atomic E-state index is 15.6. The van der Waals surface area contributed by atoms with Gasteiger partial charge < -0.3 is 14.7 Å². The van der Waals surface area contributed by atoms with Crippen LogP contribution in [0.4, 0.5) is 26.3 Å². The number of pyridine rings is 1. The van der Waals surface area contributed by atoms with Gasteiger partial charge in [-0.3, -0.25) is 9.36 Å². The van der Waals surface area contributed by atoms with Crippen LogP contribution in [-0.4, -0.2) is 34.7 Å². The van der Waals surface area contributed by atoms with Crippen LogP contribution >= 0.6 is 11.8 Å². The molecule has 13 heteroatoms. The van der Waals surface area contributed by atoms with Crippen molar-refractivity contribution in [2.24, 2.45) is 5.16 Å². The zero-order chi connectivity index (χ0) is 32.3. The molecule has 0 aliphatic carbocycles. The number of halogens is 6. The molecule has 1 aliphatic rings. The summed E-state index contributed by atoms with van der Waals surface area (Å²) in [7, 11) is 1.27. The molecule has 1 N–H and O–H groups in total. The average molecular weight is 639 g/mol.